The molecule has 1 fully saturated rings. The Kier molecular flexibility index (Phi) is 3.74. The van der Waals surface area contributed by atoms with Crippen molar-refractivity contribution in [3.8, 4) is 0 Å². The third-order valence-corrected chi connectivity index (χ3v) is 3.71. The lowest BCUT2D eigenvalue weighted by Gasteiger charge is -2.41. The first-order chi connectivity index (χ1) is 6.13. The van der Waals surface area contributed by atoms with E-state index in [-0.39, 0.29) is 22.9 Å². The number of alkyl halides is 1. The highest BCUT2D eigenvalue weighted by Gasteiger charge is 2.38. The molecule has 0 aromatic heterocycles. The maximum Gasteiger partial charge on any atom is 0.234 e. The quantitative estimate of drug-likeness (QED) is 0.736. The third kappa shape index (κ3) is 2.44. The summed E-state index contributed by atoms with van der Waals surface area (Å²) in [6.07, 6.45) is 3.67. The number of nitrogens with one attached hydrogen (secondary N) is 1. The lowest BCUT2D eigenvalue weighted by Crippen LogP contribution is -2.57. The Bertz CT molecular complexity index is 187. The summed E-state index contributed by atoms with van der Waals surface area (Å²) in [7, 11) is 0. The molecule has 1 atom stereocenters. The van der Waals surface area contributed by atoms with E-state index in [4.69, 9.17) is 5.11 Å². The maximum absolute atomic E-state index is 11.5. The van der Waals surface area contributed by atoms with Gasteiger partial charge in [0, 0.05) is 0 Å². The number of carbonyl (C=O) groups excluding carboxylic acids is 1. The van der Waals surface area contributed by atoms with Crippen LogP contribution in [0.15, 0.2) is 0 Å². The number of halogens is 1. The molecule has 0 aromatic carbocycles. The highest BCUT2D eigenvalue weighted by atomic mass is 79.9. The molecule has 1 unspecified atom stereocenters. The SMILES string of the molecule is CCC(Br)C(=O)NC1(CO)CCC1. The van der Waals surface area contributed by atoms with Gasteiger partial charge in [-0.3, -0.25) is 4.79 Å². The second kappa shape index (κ2) is 4.42. The second-order valence-electron chi connectivity index (χ2n) is 3.66. The number of amides is 1. The number of hydrogen-bond donors (Lipinski definition) is 2. The van der Waals surface area contributed by atoms with Gasteiger partial charge in [0.1, 0.15) is 0 Å². The molecule has 4 heteroatoms. The van der Waals surface area contributed by atoms with Gasteiger partial charge >= 0.3 is 0 Å². The topological polar surface area (TPSA) is 49.3 Å². The number of aliphatic hydroxyl groups is 1. The van der Waals surface area contributed by atoms with Gasteiger partial charge in [-0.15, -0.1) is 0 Å². The van der Waals surface area contributed by atoms with E-state index >= 15 is 0 Å². The summed E-state index contributed by atoms with van der Waals surface area (Å²) in [4.78, 5) is 11.3. The largest absolute Gasteiger partial charge is 0.394 e. The lowest BCUT2D eigenvalue weighted by atomic mass is 9.77. The molecule has 0 aromatic rings. The van der Waals surface area contributed by atoms with E-state index in [0.717, 1.165) is 25.7 Å². The number of hydrogen-bond acceptors (Lipinski definition) is 2. The van der Waals surface area contributed by atoms with Gasteiger partial charge in [-0.25, -0.2) is 0 Å². The molecule has 0 bridgehead atoms. The molecule has 0 saturated heterocycles. The van der Waals surface area contributed by atoms with Gasteiger partial charge in [0.15, 0.2) is 0 Å². The summed E-state index contributed by atoms with van der Waals surface area (Å²) >= 11 is 3.28. The molecule has 1 rings (SSSR count). The van der Waals surface area contributed by atoms with E-state index in [0.29, 0.717) is 0 Å². The molecule has 1 saturated carbocycles. The Balaban J connectivity index is 2.42. The predicted molar refractivity (Wildman–Crippen MR) is 54.8 cm³/mol. The molecule has 13 heavy (non-hydrogen) atoms. The molecule has 2 N–H and O–H groups in total. The summed E-state index contributed by atoms with van der Waals surface area (Å²) in [6.45, 7) is 2.01. The van der Waals surface area contributed by atoms with Crippen LogP contribution in [0.3, 0.4) is 0 Å². The Labute approximate surface area is 87.0 Å². The van der Waals surface area contributed by atoms with Crippen molar-refractivity contribution < 1.29 is 9.90 Å². The lowest BCUT2D eigenvalue weighted by molar-refractivity contribution is -0.124. The first-order valence-electron chi connectivity index (χ1n) is 4.70. The molecule has 1 aliphatic carbocycles. The Morgan fingerprint density at radius 1 is 1.69 bits per heavy atom. The van der Waals surface area contributed by atoms with Gasteiger partial charge in [-0.05, 0) is 25.7 Å². The van der Waals surface area contributed by atoms with Crippen molar-refractivity contribution >= 4 is 21.8 Å². The van der Waals surface area contributed by atoms with E-state index in [9.17, 15) is 4.79 Å². The van der Waals surface area contributed by atoms with Crippen LogP contribution < -0.4 is 5.32 Å². The minimum absolute atomic E-state index is 0.00347. The molecule has 0 radical (unpaired) electrons. The zero-order valence-corrected chi connectivity index (χ0v) is 9.43. The molecule has 0 aliphatic heterocycles. The highest BCUT2D eigenvalue weighted by molar-refractivity contribution is 9.10. The van der Waals surface area contributed by atoms with Gasteiger partial charge in [0.2, 0.25) is 5.91 Å². The fourth-order valence-electron chi connectivity index (χ4n) is 1.45. The summed E-state index contributed by atoms with van der Waals surface area (Å²) < 4.78 is 0. The molecule has 0 heterocycles. The molecular weight excluding hydrogens is 234 g/mol. The fraction of sp³-hybridized carbons (Fsp3) is 0.889. The van der Waals surface area contributed by atoms with Crippen LogP contribution in [0.2, 0.25) is 0 Å². The van der Waals surface area contributed by atoms with Crippen LogP contribution in [0.4, 0.5) is 0 Å². The smallest absolute Gasteiger partial charge is 0.234 e. The fourth-order valence-corrected chi connectivity index (χ4v) is 1.57. The summed E-state index contributed by atoms with van der Waals surface area (Å²) in [5.74, 6) is -0.00347. The molecule has 1 aliphatic rings. The van der Waals surface area contributed by atoms with Crippen LogP contribution in [0, 0.1) is 0 Å². The number of carbonyl (C=O) groups is 1. The van der Waals surface area contributed by atoms with Crippen molar-refractivity contribution in [2.24, 2.45) is 0 Å². The normalized spacial score (nSPS) is 21.8. The first kappa shape index (κ1) is 11.0. The van der Waals surface area contributed by atoms with E-state index in [1.165, 1.54) is 0 Å². The van der Waals surface area contributed by atoms with E-state index in [2.05, 4.69) is 21.2 Å². The summed E-state index contributed by atoms with van der Waals surface area (Å²) in [5.41, 5.74) is -0.307. The summed E-state index contributed by atoms with van der Waals surface area (Å²) in [6, 6.07) is 0. The van der Waals surface area contributed by atoms with Crippen molar-refractivity contribution in [1.29, 1.82) is 0 Å². The Morgan fingerprint density at radius 2 is 2.31 bits per heavy atom. The molecule has 0 spiro atoms. The van der Waals surface area contributed by atoms with E-state index < -0.39 is 0 Å². The van der Waals surface area contributed by atoms with Gasteiger partial charge < -0.3 is 10.4 Å². The molecular formula is C9H16BrNO2. The standard InChI is InChI=1S/C9H16BrNO2/c1-2-7(10)8(13)11-9(6-12)4-3-5-9/h7,12H,2-6H2,1H3,(H,11,13). The number of rotatable bonds is 4. The van der Waals surface area contributed by atoms with Crippen LogP contribution in [-0.4, -0.2) is 28.0 Å². The van der Waals surface area contributed by atoms with Crippen molar-refractivity contribution in [3.63, 3.8) is 0 Å². The monoisotopic (exact) mass is 249 g/mol. The van der Waals surface area contributed by atoms with E-state index in [1.807, 2.05) is 6.92 Å². The van der Waals surface area contributed by atoms with Crippen LogP contribution >= 0.6 is 15.9 Å². The predicted octanol–water partition coefficient (Wildman–Crippen LogP) is 1.19. The zero-order chi connectivity index (χ0) is 9.90. The Hall–Kier alpha value is -0.0900. The Morgan fingerprint density at radius 3 is 2.62 bits per heavy atom. The van der Waals surface area contributed by atoms with Crippen LogP contribution in [0.25, 0.3) is 0 Å². The number of aliphatic hydroxyl groups excluding tert-OH is 1. The van der Waals surface area contributed by atoms with Gasteiger partial charge in [-0.2, -0.15) is 0 Å². The zero-order valence-electron chi connectivity index (χ0n) is 7.85. The first-order valence-corrected chi connectivity index (χ1v) is 5.62. The van der Waals surface area contributed by atoms with Gasteiger partial charge in [-0.1, -0.05) is 22.9 Å². The third-order valence-electron chi connectivity index (χ3n) is 2.64. The summed E-state index contributed by atoms with van der Waals surface area (Å²) in [5, 5.41) is 12.0. The molecule has 1 amide bonds. The van der Waals surface area contributed by atoms with Crippen LogP contribution in [-0.2, 0) is 4.79 Å². The van der Waals surface area contributed by atoms with Crippen LogP contribution in [0.5, 0.6) is 0 Å². The van der Waals surface area contributed by atoms with Crippen molar-refractivity contribution in [3.05, 3.63) is 0 Å². The average Bonchev–Trinajstić information content (AvgIpc) is 2.09. The highest BCUT2D eigenvalue weighted by Crippen LogP contribution is 2.31. The second-order valence-corrected chi connectivity index (χ2v) is 4.76. The van der Waals surface area contributed by atoms with Crippen molar-refractivity contribution in [2.45, 2.75) is 43.0 Å². The average molecular weight is 250 g/mol. The maximum atomic E-state index is 11.5. The minimum Gasteiger partial charge on any atom is -0.394 e. The van der Waals surface area contributed by atoms with Gasteiger partial charge in [0.25, 0.3) is 0 Å². The minimum atomic E-state index is -0.307. The van der Waals surface area contributed by atoms with Gasteiger partial charge in [0.05, 0.1) is 17.0 Å². The molecule has 76 valence electrons. The van der Waals surface area contributed by atoms with Crippen molar-refractivity contribution in [1.82, 2.24) is 5.32 Å². The van der Waals surface area contributed by atoms with E-state index in [1.54, 1.807) is 0 Å². The molecule has 3 nitrogen and oxygen atoms in total. The van der Waals surface area contributed by atoms with Crippen LogP contribution in [0.1, 0.15) is 32.6 Å². The van der Waals surface area contributed by atoms with Crippen molar-refractivity contribution in [2.75, 3.05) is 6.61 Å².